The molecule has 2 aliphatic heterocycles. The minimum atomic E-state index is -0.196. The average molecular weight is 423 g/mol. The number of aromatic nitrogens is 2. The Labute approximate surface area is 181 Å². The number of para-hydroxylation sites is 1. The van der Waals surface area contributed by atoms with Gasteiger partial charge in [0, 0.05) is 38.8 Å². The van der Waals surface area contributed by atoms with Gasteiger partial charge in [0.25, 0.3) is 5.89 Å². The first-order chi connectivity index (χ1) is 15.2. The fraction of sp³-hybridized carbons (Fsp3) is 0.417. The van der Waals surface area contributed by atoms with Gasteiger partial charge in [0.15, 0.2) is 5.82 Å². The molecule has 2 fully saturated rings. The summed E-state index contributed by atoms with van der Waals surface area (Å²) in [7, 11) is 0. The number of nitrogens with zero attached hydrogens (tertiary/aromatic N) is 3. The lowest BCUT2D eigenvalue weighted by Crippen LogP contribution is -2.24. The van der Waals surface area contributed by atoms with Gasteiger partial charge in [-0.15, -0.1) is 0 Å². The van der Waals surface area contributed by atoms with Crippen molar-refractivity contribution in [3.63, 3.8) is 0 Å². The SMILES string of the molecule is Fc1cccc(CN2CCC(Oc3ccccc3-c3nc(C4CCOCC4)no3)C2)c1. The van der Waals surface area contributed by atoms with E-state index in [1.165, 1.54) is 6.07 Å². The topological polar surface area (TPSA) is 60.6 Å². The predicted octanol–water partition coefficient (Wildman–Crippen LogP) is 4.42. The summed E-state index contributed by atoms with van der Waals surface area (Å²) in [5.74, 6) is 2.08. The summed E-state index contributed by atoms with van der Waals surface area (Å²) in [5.41, 5.74) is 1.80. The first-order valence-electron chi connectivity index (χ1n) is 10.9. The molecular formula is C24H26FN3O3. The van der Waals surface area contributed by atoms with E-state index in [1.807, 2.05) is 30.3 Å². The molecule has 6 nitrogen and oxygen atoms in total. The summed E-state index contributed by atoms with van der Waals surface area (Å²) in [6, 6.07) is 14.6. The van der Waals surface area contributed by atoms with Crippen LogP contribution in [-0.2, 0) is 11.3 Å². The Morgan fingerprint density at radius 2 is 1.94 bits per heavy atom. The molecule has 0 aliphatic carbocycles. The van der Waals surface area contributed by atoms with Crippen LogP contribution in [0.4, 0.5) is 4.39 Å². The van der Waals surface area contributed by atoms with E-state index in [9.17, 15) is 4.39 Å². The molecule has 0 N–H and O–H groups in total. The van der Waals surface area contributed by atoms with Gasteiger partial charge in [-0.25, -0.2) is 4.39 Å². The molecule has 3 heterocycles. The second-order valence-corrected chi connectivity index (χ2v) is 8.23. The number of hydrogen-bond donors (Lipinski definition) is 0. The van der Waals surface area contributed by atoms with Crippen molar-refractivity contribution in [1.29, 1.82) is 0 Å². The van der Waals surface area contributed by atoms with Gasteiger partial charge in [0.05, 0.1) is 5.56 Å². The Morgan fingerprint density at radius 3 is 2.81 bits per heavy atom. The molecule has 7 heteroatoms. The van der Waals surface area contributed by atoms with Gasteiger partial charge in [-0.1, -0.05) is 29.4 Å². The van der Waals surface area contributed by atoms with Crippen molar-refractivity contribution < 1.29 is 18.4 Å². The molecular weight excluding hydrogens is 397 g/mol. The van der Waals surface area contributed by atoms with Crippen LogP contribution < -0.4 is 4.74 Å². The zero-order valence-electron chi connectivity index (χ0n) is 17.4. The molecule has 31 heavy (non-hydrogen) atoms. The molecule has 2 aliphatic rings. The van der Waals surface area contributed by atoms with E-state index in [1.54, 1.807) is 12.1 Å². The van der Waals surface area contributed by atoms with Crippen LogP contribution in [0.5, 0.6) is 5.75 Å². The van der Waals surface area contributed by atoms with Gasteiger partial charge in [0.1, 0.15) is 17.7 Å². The van der Waals surface area contributed by atoms with Crippen LogP contribution >= 0.6 is 0 Å². The normalized spacial score (nSPS) is 20.2. The number of hydrogen-bond acceptors (Lipinski definition) is 6. The molecule has 1 aromatic heterocycles. The van der Waals surface area contributed by atoms with Crippen molar-refractivity contribution in [2.24, 2.45) is 0 Å². The highest BCUT2D eigenvalue weighted by Gasteiger charge is 2.27. The maximum absolute atomic E-state index is 13.5. The largest absolute Gasteiger partial charge is 0.488 e. The predicted molar refractivity (Wildman–Crippen MR) is 113 cm³/mol. The van der Waals surface area contributed by atoms with Gasteiger partial charge < -0.3 is 14.0 Å². The summed E-state index contributed by atoms with van der Waals surface area (Å²) < 4.78 is 30.8. The zero-order valence-corrected chi connectivity index (χ0v) is 17.4. The van der Waals surface area contributed by atoms with E-state index in [4.69, 9.17) is 14.0 Å². The van der Waals surface area contributed by atoms with Crippen molar-refractivity contribution in [1.82, 2.24) is 15.0 Å². The van der Waals surface area contributed by atoms with E-state index < -0.39 is 0 Å². The maximum Gasteiger partial charge on any atom is 0.261 e. The Morgan fingerprint density at radius 1 is 1.06 bits per heavy atom. The van der Waals surface area contributed by atoms with E-state index >= 15 is 0 Å². The second-order valence-electron chi connectivity index (χ2n) is 8.23. The molecule has 0 spiro atoms. The van der Waals surface area contributed by atoms with Gasteiger partial charge in [-0.05, 0) is 49.1 Å². The maximum atomic E-state index is 13.5. The van der Waals surface area contributed by atoms with Crippen molar-refractivity contribution in [3.8, 4) is 17.2 Å². The Balaban J connectivity index is 1.25. The summed E-state index contributed by atoms with van der Waals surface area (Å²) in [4.78, 5) is 6.95. The molecule has 0 radical (unpaired) electrons. The van der Waals surface area contributed by atoms with Gasteiger partial charge in [-0.3, -0.25) is 4.90 Å². The fourth-order valence-electron chi connectivity index (χ4n) is 4.32. The summed E-state index contributed by atoms with van der Waals surface area (Å²) >= 11 is 0. The van der Waals surface area contributed by atoms with Crippen LogP contribution in [0.15, 0.2) is 53.1 Å². The number of ether oxygens (including phenoxy) is 2. The van der Waals surface area contributed by atoms with Crippen molar-refractivity contribution >= 4 is 0 Å². The van der Waals surface area contributed by atoms with Crippen molar-refractivity contribution in [2.75, 3.05) is 26.3 Å². The minimum Gasteiger partial charge on any atom is -0.488 e. The minimum absolute atomic E-state index is 0.0626. The molecule has 5 rings (SSSR count). The molecule has 3 aromatic rings. The van der Waals surface area contributed by atoms with Crippen LogP contribution in [0.1, 0.15) is 36.6 Å². The number of rotatable bonds is 6. The van der Waals surface area contributed by atoms with Gasteiger partial charge in [-0.2, -0.15) is 4.98 Å². The van der Waals surface area contributed by atoms with E-state index in [-0.39, 0.29) is 17.8 Å². The highest BCUT2D eigenvalue weighted by Crippen LogP contribution is 2.33. The zero-order chi connectivity index (χ0) is 21.0. The van der Waals surface area contributed by atoms with Crippen molar-refractivity contribution in [3.05, 3.63) is 65.7 Å². The average Bonchev–Trinajstić information content (AvgIpc) is 3.45. The molecule has 2 aromatic carbocycles. The van der Waals surface area contributed by atoms with E-state index in [2.05, 4.69) is 15.0 Å². The number of likely N-dealkylation sites (tertiary alicyclic amines) is 1. The third-order valence-electron chi connectivity index (χ3n) is 5.96. The monoisotopic (exact) mass is 423 g/mol. The number of halogens is 1. The van der Waals surface area contributed by atoms with Crippen molar-refractivity contribution in [2.45, 2.75) is 37.8 Å². The molecule has 0 amide bonds. The van der Waals surface area contributed by atoms with Crippen LogP contribution in [-0.4, -0.2) is 47.4 Å². The molecule has 2 saturated heterocycles. The van der Waals surface area contributed by atoms with Crippen LogP contribution in [0.2, 0.25) is 0 Å². The lowest BCUT2D eigenvalue weighted by molar-refractivity contribution is 0.0830. The quantitative estimate of drug-likeness (QED) is 0.585. The summed E-state index contributed by atoms with van der Waals surface area (Å²) in [5, 5.41) is 4.22. The van der Waals surface area contributed by atoms with Crippen LogP contribution in [0.3, 0.4) is 0 Å². The Bertz CT molecular complexity index is 1020. The lowest BCUT2D eigenvalue weighted by Gasteiger charge is -2.18. The standard InChI is InChI=1S/C24H26FN3O3/c25-19-5-3-4-17(14-19)15-28-11-8-20(16-28)30-22-7-2-1-6-21(22)24-26-23(27-31-24)18-9-12-29-13-10-18/h1-7,14,18,20H,8-13,15-16H2. The van der Waals surface area contributed by atoms with Crippen LogP contribution in [0.25, 0.3) is 11.5 Å². The molecule has 0 saturated carbocycles. The van der Waals surface area contributed by atoms with Crippen LogP contribution in [0, 0.1) is 5.82 Å². The highest BCUT2D eigenvalue weighted by atomic mass is 19.1. The summed E-state index contributed by atoms with van der Waals surface area (Å²) in [6.07, 6.45) is 2.81. The number of benzene rings is 2. The van der Waals surface area contributed by atoms with E-state index in [0.717, 1.165) is 74.8 Å². The molecule has 162 valence electrons. The van der Waals surface area contributed by atoms with Gasteiger partial charge in [0.2, 0.25) is 0 Å². The lowest BCUT2D eigenvalue weighted by atomic mass is 10.00. The highest BCUT2D eigenvalue weighted by molar-refractivity contribution is 5.62. The van der Waals surface area contributed by atoms with Gasteiger partial charge >= 0.3 is 0 Å². The second kappa shape index (κ2) is 9.16. The first kappa shape index (κ1) is 20.2. The molecule has 0 bridgehead atoms. The Hall–Kier alpha value is -2.77. The smallest absolute Gasteiger partial charge is 0.261 e. The first-order valence-corrected chi connectivity index (χ1v) is 10.9. The molecule has 1 atom stereocenters. The Kier molecular flexibility index (Phi) is 5.95. The molecule has 1 unspecified atom stereocenters. The third-order valence-corrected chi connectivity index (χ3v) is 5.96. The van der Waals surface area contributed by atoms with E-state index in [0.29, 0.717) is 5.89 Å². The third kappa shape index (κ3) is 4.78. The fourth-order valence-corrected chi connectivity index (χ4v) is 4.32. The summed E-state index contributed by atoms with van der Waals surface area (Å²) in [6.45, 7) is 3.90.